The summed E-state index contributed by atoms with van der Waals surface area (Å²) in [7, 11) is 1.76. The zero-order valence-corrected chi connectivity index (χ0v) is 11.2. The van der Waals surface area contributed by atoms with Crippen molar-refractivity contribution in [2.75, 3.05) is 26.7 Å². The van der Waals surface area contributed by atoms with Crippen molar-refractivity contribution in [1.82, 2.24) is 10.2 Å². The summed E-state index contributed by atoms with van der Waals surface area (Å²) < 4.78 is 18.6. The average molecular weight is 266 g/mol. The number of nitrogens with zero attached hydrogens (tertiary/aromatic N) is 1. The van der Waals surface area contributed by atoms with Crippen LogP contribution in [0.1, 0.15) is 18.6 Å². The standard InChI is InChI=1S/C14H19FN2O2/c1-10(16-2)14(18)17-7-8-19-13(9-17)11-3-5-12(15)6-4-11/h3-6,10,13,16H,7-9H2,1-2H3. The lowest BCUT2D eigenvalue weighted by molar-refractivity contribution is -0.140. The number of nitrogens with one attached hydrogen (secondary N) is 1. The second-order valence-electron chi connectivity index (χ2n) is 4.71. The molecule has 0 aromatic heterocycles. The summed E-state index contributed by atoms with van der Waals surface area (Å²) >= 11 is 0. The molecule has 1 fully saturated rings. The smallest absolute Gasteiger partial charge is 0.239 e. The number of amides is 1. The highest BCUT2D eigenvalue weighted by Crippen LogP contribution is 2.22. The Morgan fingerprint density at radius 1 is 1.47 bits per heavy atom. The molecule has 104 valence electrons. The topological polar surface area (TPSA) is 41.6 Å². The third-order valence-corrected chi connectivity index (χ3v) is 3.42. The highest BCUT2D eigenvalue weighted by Gasteiger charge is 2.27. The first kappa shape index (κ1) is 14.0. The van der Waals surface area contributed by atoms with E-state index >= 15 is 0 Å². The Kier molecular flexibility index (Phi) is 4.50. The summed E-state index contributed by atoms with van der Waals surface area (Å²) in [5, 5.41) is 2.94. The maximum Gasteiger partial charge on any atom is 0.239 e. The van der Waals surface area contributed by atoms with Crippen molar-refractivity contribution in [1.29, 1.82) is 0 Å². The lowest BCUT2D eigenvalue weighted by Crippen LogP contribution is -2.49. The molecule has 0 aliphatic carbocycles. The third kappa shape index (κ3) is 3.30. The Labute approximate surface area is 112 Å². The molecule has 0 spiro atoms. The first-order valence-corrected chi connectivity index (χ1v) is 6.45. The second kappa shape index (κ2) is 6.12. The van der Waals surface area contributed by atoms with Crippen LogP contribution in [-0.4, -0.2) is 43.6 Å². The molecular formula is C14H19FN2O2. The van der Waals surface area contributed by atoms with Crippen molar-refractivity contribution < 1.29 is 13.9 Å². The van der Waals surface area contributed by atoms with Crippen molar-refractivity contribution >= 4 is 5.91 Å². The summed E-state index contributed by atoms with van der Waals surface area (Å²) in [6.45, 7) is 3.45. The van der Waals surface area contributed by atoms with Crippen molar-refractivity contribution in [2.45, 2.75) is 19.1 Å². The van der Waals surface area contributed by atoms with Gasteiger partial charge in [0.15, 0.2) is 0 Å². The van der Waals surface area contributed by atoms with Crippen LogP contribution in [0.4, 0.5) is 4.39 Å². The quantitative estimate of drug-likeness (QED) is 0.897. The molecule has 0 radical (unpaired) electrons. The Morgan fingerprint density at radius 2 is 2.16 bits per heavy atom. The summed E-state index contributed by atoms with van der Waals surface area (Å²) in [6, 6.07) is 6.03. The molecule has 2 unspecified atom stereocenters. The van der Waals surface area contributed by atoms with Crippen LogP contribution >= 0.6 is 0 Å². The zero-order chi connectivity index (χ0) is 13.8. The molecule has 5 heteroatoms. The van der Waals surface area contributed by atoms with E-state index in [4.69, 9.17) is 4.74 Å². The molecule has 4 nitrogen and oxygen atoms in total. The molecule has 1 aliphatic heterocycles. The van der Waals surface area contributed by atoms with E-state index in [2.05, 4.69) is 5.32 Å². The van der Waals surface area contributed by atoms with Crippen LogP contribution in [-0.2, 0) is 9.53 Å². The van der Waals surface area contributed by atoms with E-state index in [0.717, 1.165) is 5.56 Å². The molecule has 19 heavy (non-hydrogen) atoms. The summed E-state index contributed by atoms with van der Waals surface area (Å²) in [5.41, 5.74) is 0.899. The Bertz CT molecular complexity index is 436. The molecule has 1 heterocycles. The fourth-order valence-corrected chi connectivity index (χ4v) is 2.13. The van der Waals surface area contributed by atoms with Crippen molar-refractivity contribution in [3.8, 4) is 0 Å². The summed E-state index contributed by atoms with van der Waals surface area (Å²) in [5.74, 6) is -0.200. The lowest BCUT2D eigenvalue weighted by Gasteiger charge is -2.34. The molecule has 1 aromatic carbocycles. The van der Waals surface area contributed by atoms with Gasteiger partial charge < -0.3 is 15.0 Å². The summed E-state index contributed by atoms with van der Waals surface area (Å²) in [4.78, 5) is 13.9. The van der Waals surface area contributed by atoms with Gasteiger partial charge in [-0.05, 0) is 31.7 Å². The van der Waals surface area contributed by atoms with E-state index in [-0.39, 0.29) is 23.9 Å². The largest absolute Gasteiger partial charge is 0.370 e. The minimum atomic E-state index is -0.267. The second-order valence-corrected chi connectivity index (χ2v) is 4.71. The number of halogens is 1. The van der Waals surface area contributed by atoms with E-state index in [1.807, 2.05) is 6.92 Å². The van der Waals surface area contributed by atoms with Gasteiger partial charge >= 0.3 is 0 Å². The number of carbonyl (C=O) groups is 1. The van der Waals surface area contributed by atoms with Gasteiger partial charge in [-0.2, -0.15) is 0 Å². The van der Waals surface area contributed by atoms with Gasteiger partial charge in [0.25, 0.3) is 0 Å². The molecule has 1 aliphatic rings. The monoisotopic (exact) mass is 266 g/mol. The highest BCUT2D eigenvalue weighted by atomic mass is 19.1. The molecule has 2 atom stereocenters. The average Bonchev–Trinajstić information content (AvgIpc) is 2.46. The van der Waals surface area contributed by atoms with Gasteiger partial charge in [-0.25, -0.2) is 4.39 Å². The van der Waals surface area contributed by atoms with Crippen LogP contribution in [0.5, 0.6) is 0 Å². The van der Waals surface area contributed by atoms with Gasteiger partial charge in [0, 0.05) is 6.54 Å². The number of rotatable bonds is 3. The van der Waals surface area contributed by atoms with Crippen LogP contribution in [0, 0.1) is 5.82 Å². The van der Waals surface area contributed by atoms with E-state index in [0.29, 0.717) is 19.7 Å². The van der Waals surface area contributed by atoms with E-state index in [1.165, 1.54) is 12.1 Å². The number of likely N-dealkylation sites (N-methyl/N-ethyl adjacent to an activating group) is 1. The molecule has 1 saturated heterocycles. The van der Waals surface area contributed by atoms with Gasteiger partial charge in [0.2, 0.25) is 5.91 Å². The van der Waals surface area contributed by atoms with Crippen molar-refractivity contribution in [3.63, 3.8) is 0 Å². The SMILES string of the molecule is CNC(C)C(=O)N1CCOC(c2ccc(F)cc2)C1. The first-order valence-electron chi connectivity index (χ1n) is 6.45. The molecule has 2 rings (SSSR count). The first-order chi connectivity index (χ1) is 9.11. The van der Waals surface area contributed by atoms with Crippen LogP contribution in [0.2, 0.25) is 0 Å². The maximum absolute atomic E-state index is 12.9. The van der Waals surface area contributed by atoms with Gasteiger partial charge in [-0.1, -0.05) is 12.1 Å². The van der Waals surface area contributed by atoms with Gasteiger partial charge in [-0.3, -0.25) is 4.79 Å². The lowest BCUT2D eigenvalue weighted by atomic mass is 10.1. The number of benzene rings is 1. The van der Waals surface area contributed by atoms with Crippen LogP contribution in [0.25, 0.3) is 0 Å². The number of hydrogen-bond acceptors (Lipinski definition) is 3. The minimum absolute atomic E-state index is 0.0675. The molecule has 1 amide bonds. The third-order valence-electron chi connectivity index (χ3n) is 3.42. The van der Waals surface area contributed by atoms with Gasteiger partial charge in [0.05, 0.1) is 19.2 Å². The molecule has 1 N–H and O–H groups in total. The van der Waals surface area contributed by atoms with E-state index < -0.39 is 0 Å². The number of hydrogen-bond donors (Lipinski definition) is 1. The minimum Gasteiger partial charge on any atom is -0.370 e. The van der Waals surface area contributed by atoms with Crippen molar-refractivity contribution in [2.24, 2.45) is 0 Å². The maximum atomic E-state index is 12.9. The highest BCUT2D eigenvalue weighted by molar-refractivity contribution is 5.81. The zero-order valence-electron chi connectivity index (χ0n) is 11.2. The number of morpholine rings is 1. The van der Waals surface area contributed by atoms with Gasteiger partial charge in [-0.15, -0.1) is 0 Å². The Morgan fingerprint density at radius 3 is 2.79 bits per heavy atom. The molecule has 0 bridgehead atoms. The van der Waals surface area contributed by atoms with Crippen molar-refractivity contribution in [3.05, 3.63) is 35.6 Å². The molecule has 1 aromatic rings. The Hall–Kier alpha value is -1.46. The van der Waals surface area contributed by atoms with Gasteiger partial charge in [0.1, 0.15) is 11.9 Å². The fourth-order valence-electron chi connectivity index (χ4n) is 2.13. The Balaban J connectivity index is 2.04. The van der Waals surface area contributed by atoms with E-state index in [9.17, 15) is 9.18 Å². The van der Waals surface area contributed by atoms with E-state index in [1.54, 1.807) is 24.1 Å². The predicted molar refractivity (Wildman–Crippen MR) is 70.2 cm³/mol. The van der Waals surface area contributed by atoms with Crippen LogP contribution < -0.4 is 5.32 Å². The fraction of sp³-hybridized carbons (Fsp3) is 0.500. The van der Waals surface area contributed by atoms with Crippen LogP contribution in [0.15, 0.2) is 24.3 Å². The summed E-state index contributed by atoms with van der Waals surface area (Å²) in [6.07, 6.45) is -0.178. The van der Waals surface area contributed by atoms with Crippen LogP contribution in [0.3, 0.4) is 0 Å². The molecular weight excluding hydrogens is 247 g/mol. The molecule has 0 saturated carbocycles. The predicted octanol–water partition coefficient (Wildman–Crippen LogP) is 1.33. The number of ether oxygens (including phenoxy) is 1. The normalized spacial score (nSPS) is 21.2. The number of carbonyl (C=O) groups excluding carboxylic acids is 1.